The minimum absolute atomic E-state index is 0.0764. The topological polar surface area (TPSA) is 182 Å². The summed E-state index contributed by atoms with van der Waals surface area (Å²) in [7, 11) is 0. The number of esters is 1. The number of hydrogen-bond acceptors (Lipinski definition) is 15. The lowest BCUT2D eigenvalue weighted by Gasteiger charge is -2.32. The first-order chi connectivity index (χ1) is 22.4. The average Bonchev–Trinajstić information content (AvgIpc) is 3.01. The summed E-state index contributed by atoms with van der Waals surface area (Å²) < 4.78 is 5.35. The van der Waals surface area contributed by atoms with Crippen molar-refractivity contribution in [3.8, 4) is 5.75 Å². The van der Waals surface area contributed by atoms with E-state index in [1.54, 1.807) is 35.2 Å². The molecule has 0 aliphatic carbocycles. The number of amides is 1. The molecule has 1 saturated heterocycles. The summed E-state index contributed by atoms with van der Waals surface area (Å²) in [5.74, 6) is -2.80. The van der Waals surface area contributed by atoms with E-state index in [0.29, 0.717) is 5.69 Å². The molecular weight excluding hydrogens is 620 g/mol. The standard InChI is InChI=1S/C30H38N6O11/c1-23(37)45-32-15-13-31(14-16-33(46-24(2)38)18-20-34(19-17-32)47-25(3)39)21-29(40)35(26-7-5-4-6-8-26)22-30(41)44-28-11-9-27(10-12-28)36(42)43/h4-12H,13-22H2,1-3H3. The van der Waals surface area contributed by atoms with Gasteiger partial charge in [-0.2, -0.15) is 0 Å². The minimum Gasteiger partial charge on any atom is -0.425 e. The number of rotatable bonds is 10. The highest BCUT2D eigenvalue weighted by atomic mass is 16.7. The van der Waals surface area contributed by atoms with E-state index < -0.39 is 41.3 Å². The quantitative estimate of drug-likeness (QED) is 0.154. The highest BCUT2D eigenvalue weighted by Crippen LogP contribution is 2.19. The Labute approximate surface area is 271 Å². The zero-order valence-electron chi connectivity index (χ0n) is 26.4. The number of ether oxygens (including phenoxy) is 1. The zero-order chi connectivity index (χ0) is 34.3. The SMILES string of the molecule is CC(=O)ON1CCN(CC(=O)N(CC(=O)Oc2ccc([N+](=O)[O-])cc2)c2ccccc2)CCN(OC(C)=O)CCN(OC(C)=O)CC1. The molecule has 0 radical (unpaired) electrons. The first-order valence-corrected chi connectivity index (χ1v) is 14.7. The Bertz CT molecular complexity index is 1360. The van der Waals surface area contributed by atoms with Crippen LogP contribution in [0.2, 0.25) is 0 Å². The maximum absolute atomic E-state index is 13.8. The van der Waals surface area contributed by atoms with Crippen LogP contribution in [0.4, 0.5) is 11.4 Å². The van der Waals surface area contributed by atoms with Gasteiger partial charge in [-0.25, -0.2) is 4.79 Å². The number of para-hydroxylation sites is 1. The van der Waals surface area contributed by atoms with Crippen LogP contribution in [0, 0.1) is 10.1 Å². The fourth-order valence-corrected chi connectivity index (χ4v) is 4.51. The zero-order valence-corrected chi connectivity index (χ0v) is 26.4. The van der Waals surface area contributed by atoms with Gasteiger partial charge >= 0.3 is 23.9 Å². The summed E-state index contributed by atoms with van der Waals surface area (Å²) in [5.41, 5.74) is 0.263. The summed E-state index contributed by atoms with van der Waals surface area (Å²) in [4.78, 5) is 91.4. The predicted octanol–water partition coefficient (Wildman–Crippen LogP) is 1.19. The lowest BCUT2D eigenvalue weighted by Crippen LogP contribution is -2.49. The van der Waals surface area contributed by atoms with Gasteiger partial charge in [0.25, 0.3) is 5.69 Å². The number of anilines is 1. The molecule has 2 aromatic carbocycles. The first kappa shape index (κ1) is 36.5. The Morgan fingerprint density at radius 2 is 1.15 bits per heavy atom. The fourth-order valence-electron chi connectivity index (χ4n) is 4.51. The normalized spacial score (nSPS) is 15.7. The van der Waals surface area contributed by atoms with Crippen molar-refractivity contribution in [1.29, 1.82) is 0 Å². The fraction of sp³-hybridized carbons (Fsp3) is 0.433. The maximum atomic E-state index is 13.8. The molecule has 0 N–H and O–H groups in total. The number of hydrogen-bond donors (Lipinski definition) is 0. The van der Waals surface area contributed by atoms with Gasteiger partial charge in [0.15, 0.2) is 0 Å². The summed E-state index contributed by atoms with van der Waals surface area (Å²) in [6, 6.07) is 13.5. The van der Waals surface area contributed by atoms with E-state index in [2.05, 4.69) is 0 Å². The van der Waals surface area contributed by atoms with Crippen LogP contribution in [-0.4, -0.2) is 120 Å². The molecule has 0 atom stereocenters. The summed E-state index contributed by atoms with van der Waals surface area (Å²) in [6.07, 6.45) is 0. The monoisotopic (exact) mass is 658 g/mol. The van der Waals surface area contributed by atoms with Crippen molar-refractivity contribution < 1.29 is 48.1 Å². The first-order valence-electron chi connectivity index (χ1n) is 14.7. The van der Waals surface area contributed by atoms with Crippen molar-refractivity contribution in [1.82, 2.24) is 20.1 Å². The summed E-state index contributed by atoms with van der Waals surface area (Å²) in [5, 5.41) is 15.1. The third kappa shape index (κ3) is 13.1. The summed E-state index contributed by atoms with van der Waals surface area (Å²) in [6.45, 7) is 4.55. The number of hydroxylamine groups is 6. The van der Waals surface area contributed by atoms with Crippen LogP contribution in [0.25, 0.3) is 0 Å². The van der Waals surface area contributed by atoms with Crippen molar-refractivity contribution in [2.45, 2.75) is 20.8 Å². The third-order valence-corrected chi connectivity index (χ3v) is 6.60. The molecule has 1 fully saturated rings. The molecule has 47 heavy (non-hydrogen) atoms. The third-order valence-electron chi connectivity index (χ3n) is 6.60. The van der Waals surface area contributed by atoms with E-state index in [4.69, 9.17) is 19.2 Å². The molecule has 1 aliphatic heterocycles. The van der Waals surface area contributed by atoms with Gasteiger partial charge in [0.05, 0.1) is 37.6 Å². The molecule has 3 rings (SSSR count). The number of carbonyl (C=O) groups excluding carboxylic acids is 5. The predicted molar refractivity (Wildman–Crippen MR) is 164 cm³/mol. The number of benzene rings is 2. The lowest BCUT2D eigenvalue weighted by atomic mass is 10.2. The molecule has 0 saturated carbocycles. The number of nitrogens with zero attached hydrogens (tertiary/aromatic N) is 6. The molecule has 0 unspecified atom stereocenters. The molecule has 17 heteroatoms. The maximum Gasteiger partial charge on any atom is 0.331 e. The molecule has 2 aromatic rings. The smallest absolute Gasteiger partial charge is 0.331 e. The van der Waals surface area contributed by atoms with Gasteiger partial charge in [-0.3, -0.25) is 34.2 Å². The highest BCUT2D eigenvalue weighted by Gasteiger charge is 2.26. The highest BCUT2D eigenvalue weighted by molar-refractivity contribution is 5.99. The number of nitro benzene ring substituents is 1. The molecule has 1 aliphatic rings. The second kappa shape index (κ2) is 18.2. The summed E-state index contributed by atoms with van der Waals surface area (Å²) >= 11 is 0. The molecule has 0 aromatic heterocycles. The lowest BCUT2D eigenvalue weighted by molar-refractivity contribution is -0.384. The van der Waals surface area contributed by atoms with Crippen LogP contribution in [0.1, 0.15) is 20.8 Å². The van der Waals surface area contributed by atoms with Crippen LogP contribution in [0.15, 0.2) is 54.6 Å². The second-order valence-electron chi connectivity index (χ2n) is 10.4. The van der Waals surface area contributed by atoms with Gasteiger partial charge in [0.1, 0.15) is 12.3 Å². The Hall–Kier alpha value is -4.97. The van der Waals surface area contributed by atoms with E-state index in [0.717, 1.165) is 0 Å². The van der Waals surface area contributed by atoms with E-state index in [1.165, 1.54) is 65.1 Å². The van der Waals surface area contributed by atoms with Crippen LogP contribution < -0.4 is 9.64 Å². The number of nitro groups is 1. The van der Waals surface area contributed by atoms with Gasteiger partial charge in [-0.05, 0) is 24.3 Å². The number of non-ortho nitro benzene ring substituents is 1. The molecule has 1 amide bonds. The Kier molecular flexibility index (Phi) is 14.2. The molecule has 0 bridgehead atoms. The van der Waals surface area contributed by atoms with Gasteiger partial charge in [-0.1, -0.05) is 18.2 Å². The second-order valence-corrected chi connectivity index (χ2v) is 10.4. The van der Waals surface area contributed by atoms with Gasteiger partial charge in [-0.15, -0.1) is 15.2 Å². The Morgan fingerprint density at radius 1 is 0.702 bits per heavy atom. The van der Waals surface area contributed by atoms with Crippen molar-refractivity contribution in [3.05, 3.63) is 64.7 Å². The molecule has 1 heterocycles. The Balaban J connectivity index is 1.79. The molecular formula is C30H38N6O11. The van der Waals surface area contributed by atoms with Gasteiger partial charge < -0.3 is 24.1 Å². The van der Waals surface area contributed by atoms with Crippen LogP contribution in [-0.2, 0) is 38.5 Å². The van der Waals surface area contributed by atoms with E-state index in [9.17, 15) is 34.1 Å². The molecule has 17 nitrogen and oxygen atoms in total. The van der Waals surface area contributed by atoms with E-state index >= 15 is 0 Å². The van der Waals surface area contributed by atoms with Crippen molar-refractivity contribution >= 4 is 41.2 Å². The van der Waals surface area contributed by atoms with Gasteiger partial charge in [0.2, 0.25) is 5.91 Å². The number of carbonyl (C=O) groups is 5. The van der Waals surface area contributed by atoms with Crippen LogP contribution in [0.5, 0.6) is 5.75 Å². The van der Waals surface area contributed by atoms with E-state index in [-0.39, 0.29) is 70.3 Å². The molecule has 254 valence electrons. The van der Waals surface area contributed by atoms with Crippen molar-refractivity contribution in [2.24, 2.45) is 0 Å². The van der Waals surface area contributed by atoms with Gasteiger partial charge in [0, 0.05) is 64.8 Å². The largest absolute Gasteiger partial charge is 0.425 e. The Morgan fingerprint density at radius 3 is 1.57 bits per heavy atom. The molecule has 0 spiro atoms. The van der Waals surface area contributed by atoms with E-state index in [1.807, 2.05) is 0 Å². The van der Waals surface area contributed by atoms with Crippen molar-refractivity contribution in [3.63, 3.8) is 0 Å². The van der Waals surface area contributed by atoms with Crippen LogP contribution >= 0.6 is 0 Å². The average molecular weight is 659 g/mol. The minimum atomic E-state index is -0.774. The van der Waals surface area contributed by atoms with Crippen molar-refractivity contribution in [2.75, 3.05) is 70.3 Å². The van der Waals surface area contributed by atoms with Crippen LogP contribution in [0.3, 0.4) is 0 Å².